The summed E-state index contributed by atoms with van der Waals surface area (Å²) in [7, 11) is 2.09. The summed E-state index contributed by atoms with van der Waals surface area (Å²) in [5, 5.41) is 131. The molecule has 0 saturated carbocycles. The van der Waals surface area contributed by atoms with Crippen molar-refractivity contribution in [2.24, 2.45) is 0 Å². The van der Waals surface area contributed by atoms with Crippen molar-refractivity contribution >= 4 is 23.6 Å². The molecule has 4 rings (SSSR count). The van der Waals surface area contributed by atoms with Crippen molar-refractivity contribution in [1.29, 1.82) is 0 Å². The highest BCUT2D eigenvalue weighted by atomic mass is 16.8. The highest BCUT2D eigenvalue weighted by Gasteiger charge is 2.47. The molecule has 0 spiro atoms. The van der Waals surface area contributed by atoms with Crippen LogP contribution in [-0.2, 0) is 99.7 Å². The van der Waals surface area contributed by atoms with Crippen molar-refractivity contribution in [1.82, 2.24) is 26.2 Å². The van der Waals surface area contributed by atoms with Crippen molar-refractivity contribution in [3.63, 3.8) is 0 Å². The van der Waals surface area contributed by atoms with E-state index in [0.29, 0.717) is 19.6 Å². The molecule has 4 amide bonds. The van der Waals surface area contributed by atoms with E-state index in [-0.39, 0.29) is 214 Å². The van der Waals surface area contributed by atoms with Gasteiger partial charge < -0.3 is 168 Å². The number of aliphatic hydroxyl groups is 12. The van der Waals surface area contributed by atoms with Gasteiger partial charge in [-0.05, 0) is 103 Å². The molecular weight excluding hydrogens is 1750 g/mol. The number of unbranched alkanes of at least 4 members (excludes halogenated alkanes) is 20. The van der Waals surface area contributed by atoms with Crippen molar-refractivity contribution in [2.75, 3.05) is 205 Å². The first-order valence-corrected chi connectivity index (χ1v) is 49.8. The minimum absolute atomic E-state index is 0.0405. The number of aliphatic hydroxyl groups excluding tert-OH is 12. The van der Waals surface area contributed by atoms with E-state index < -0.39 is 123 Å². The monoisotopic (exact) mass is 1930 g/mol. The Balaban J connectivity index is 1.34. The van der Waals surface area contributed by atoms with E-state index in [9.17, 15) is 80.5 Å². The van der Waals surface area contributed by atoms with Crippen LogP contribution in [0.3, 0.4) is 0 Å². The van der Waals surface area contributed by atoms with E-state index in [1.165, 1.54) is 103 Å². The minimum atomic E-state index is -1.58. The maximum atomic E-state index is 14.3. The van der Waals surface area contributed by atoms with E-state index in [0.717, 1.165) is 83.6 Å². The zero-order valence-corrected chi connectivity index (χ0v) is 80.8. The van der Waals surface area contributed by atoms with Crippen LogP contribution >= 0.6 is 0 Å². The molecule has 782 valence electrons. The molecular formula is C96H175N5O33. The Hall–Kier alpha value is -4.36. The smallest absolute Gasteiger partial charge is 0.222 e. The Bertz CT molecular complexity index is 2760. The van der Waals surface area contributed by atoms with Crippen LogP contribution in [0.2, 0.25) is 0 Å². The van der Waals surface area contributed by atoms with E-state index in [4.69, 9.17) is 80.5 Å². The van der Waals surface area contributed by atoms with Gasteiger partial charge in [0.15, 0.2) is 24.7 Å². The van der Waals surface area contributed by atoms with Crippen LogP contribution in [0.1, 0.15) is 226 Å². The third kappa shape index (κ3) is 56.3. The Morgan fingerprint density at radius 3 is 1.03 bits per heavy atom. The molecule has 9 unspecified atom stereocenters. The SMILES string of the molecule is CCCCC/C=C\C/C=C\CCCCCCCCC1(CCCCCCCC/C=C\C/C=C\CCCCC)OC[C@H](CN(C)CCCCCC(=O)NC(COCCC(=O)NCCOCCOCCO[C@@H]2OC(CO)[C@@H](O)C(O)C2O)(COCCC(=O)NCCOCCOCCO[C@@H]2OC(CO)[C@@H](O)C(O)C2O)COCCC(=O)NCCOCCOCCO[C@@H]2OC(CO)[C@@H](O)C(O)C2O)O1. The van der Waals surface area contributed by atoms with E-state index in [1.807, 2.05) is 0 Å². The molecule has 0 aromatic rings. The number of hydrogen-bond acceptors (Lipinski definition) is 34. The number of amides is 4. The fraction of sp³-hybridized carbons (Fsp3) is 0.875. The molecule has 0 bridgehead atoms. The number of allylic oxidation sites excluding steroid dienone is 8. The maximum Gasteiger partial charge on any atom is 0.222 e. The number of rotatable bonds is 87. The van der Waals surface area contributed by atoms with Crippen LogP contribution in [-0.4, -0.2) is 404 Å². The number of nitrogens with zero attached hydrogens (tertiary/aromatic N) is 1. The largest absolute Gasteiger partial charge is 0.394 e. The van der Waals surface area contributed by atoms with Crippen LogP contribution in [0, 0.1) is 0 Å². The lowest BCUT2D eigenvalue weighted by atomic mass is 9.98. The van der Waals surface area contributed by atoms with Crippen molar-refractivity contribution in [3.8, 4) is 0 Å². The van der Waals surface area contributed by atoms with Gasteiger partial charge in [-0.1, -0.05) is 146 Å². The molecule has 4 aliphatic rings. The zero-order chi connectivity index (χ0) is 97.2. The predicted molar refractivity (Wildman–Crippen MR) is 498 cm³/mol. The number of carbonyl (C=O) groups is 4. The average molecular weight is 1930 g/mol. The maximum absolute atomic E-state index is 14.3. The van der Waals surface area contributed by atoms with Gasteiger partial charge in [-0.2, -0.15) is 0 Å². The summed E-state index contributed by atoms with van der Waals surface area (Å²) >= 11 is 0. The van der Waals surface area contributed by atoms with Crippen LogP contribution in [0.4, 0.5) is 0 Å². The van der Waals surface area contributed by atoms with Gasteiger partial charge >= 0.3 is 0 Å². The molecule has 0 radical (unpaired) electrons. The number of nitrogens with one attached hydrogen (secondary N) is 4. The number of carbonyl (C=O) groups excluding carboxylic acids is 4. The molecule has 4 fully saturated rings. The second-order valence-electron chi connectivity index (χ2n) is 34.9. The molecule has 4 aliphatic heterocycles. The van der Waals surface area contributed by atoms with Gasteiger partial charge in [0, 0.05) is 64.7 Å². The van der Waals surface area contributed by atoms with Crippen molar-refractivity contribution in [2.45, 2.75) is 335 Å². The molecule has 4 heterocycles. The summed E-state index contributed by atoms with van der Waals surface area (Å²) in [6, 6.07) is 0. The lowest BCUT2D eigenvalue weighted by Gasteiger charge is -2.39. The lowest BCUT2D eigenvalue weighted by molar-refractivity contribution is -0.302. The topological polar surface area (TPSA) is 519 Å². The summed E-state index contributed by atoms with van der Waals surface area (Å²) in [6.07, 6.45) is 29.4. The van der Waals surface area contributed by atoms with Crippen LogP contribution in [0.15, 0.2) is 48.6 Å². The summed E-state index contributed by atoms with van der Waals surface area (Å²) < 4.78 is 98.0. The molecule has 4 saturated heterocycles. The summed E-state index contributed by atoms with van der Waals surface area (Å²) in [4.78, 5) is 56.1. The fourth-order valence-corrected chi connectivity index (χ4v) is 15.3. The Morgan fingerprint density at radius 2 is 0.679 bits per heavy atom. The van der Waals surface area contributed by atoms with E-state index in [1.54, 1.807) is 0 Å². The fourth-order valence-electron chi connectivity index (χ4n) is 15.3. The van der Waals surface area contributed by atoms with Gasteiger partial charge in [0.2, 0.25) is 23.6 Å². The number of hydrogen-bond donors (Lipinski definition) is 16. The Morgan fingerprint density at radius 1 is 0.358 bits per heavy atom. The molecule has 0 aromatic carbocycles. The lowest BCUT2D eigenvalue weighted by Crippen LogP contribution is -2.59. The molecule has 16 N–H and O–H groups in total. The second-order valence-corrected chi connectivity index (χ2v) is 34.9. The van der Waals surface area contributed by atoms with E-state index in [2.05, 4.69) is 95.7 Å². The Labute approximate surface area is 796 Å². The first-order valence-electron chi connectivity index (χ1n) is 49.8. The van der Waals surface area contributed by atoms with Crippen molar-refractivity contribution in [3.05, 3.63) is 48.6 Å². The highest BCUT2D eigenvalue weighted by molar-refractivity contribution is 5.77. The molecule has 0 aliphatic carbocycles. The summed E-state index contributed by atoms with van der Waals surface area (Å²) in [6.45, 7) is 5.65. The summed E-state index contributed by atoms with van der Waals surface area (Å²) in [5.41, 5.74) is -1.41. The zero-order valence-electron chi connectivity index (χ0n) is 80.8. The molecule has 134 heavy (non-hydrogen) atoms. The second kappa shape index (κ2) is 79.2. The van der Waals surface area contributed by atoms with Crippen LogP contribution in [0.25, 0.3) is 0 Å². The normalized spacial score (nSPS) is 24.4. The Kier molecular flexibility index (Phi) is 72.1. The quantitative estimate of drug-likeness (QED) is 0.0302. The molecule has 0 aromatic heterocycles. The predicted octanol–water partition coefficient (Wildman–Crippen LogP) is 3.97. The molecule has 38 heteroatoms. The van der Waals surface area contributed by atoms with Gasteiger partial charge in [-0.25, -0.2) is 0 Å². The highest BCUT2D eigenvalue weighted by Crippen LogP contribution is 2.36. The minimum Gasteiger partial charge on any atom is -0.394 e. The van der Waals surface area contributed by atoms with Gasteiger partial charge in [-0.3, -0.25) is 19.2 Å². The third-order valence-corrected chi connectivity index (χ3v) is 23.2. The number of likely N-dealkylation sites (N-methyl/N-ethyl adjacent to an activating group) is 1. The van der Waals surface area contributed by atoms with Crippen molar-refractivity contribution < 1.29 is 161 Å². The first-order chi connectivity index (χ1) is 65.2. The summed E-state index contributed by atoms with van der Waals surface area (Å²) in [5.74, 6) is -2.00. The standard InChI is InChI=1S/C96H175N5O33/c1-4-6-8-10-12-14-16-18-20-22-24-26-28-30-32-36-43-96(44-37-33-31-29-27-25-23-21-19-17-15-13-11-9-7-5-2)130-71-75(134-96)67-101(3)48-38-34-35-39-82(108)100-95(72-124-49-40-79(105)97-45-52-118-55-58-121-61-64-127-92-89(115)86(112)83(109)76(68-102)131-92,73-125-50-41-80(106)98-46-53-119-56-59-122-62-65-128-93-90(116)87(113)84(110)77(69-103)132-93)74-126-51-42-81(107)99-47-54-120-57-60-123-63-66-129-94-91(117)88(114)85(111)78(70-104)133-94/h12-15,18-21,75-78,83-94,102-104,109-117H,4-11,16-17,22-74H2,1-3H3,(H,97,105)(H,98,106)(H,99,107)(H,100,108)/b14-12-,15-13-,20-18-,21-19-/t75-,76?,77?,78?,83+,84+,85+,86?,87?,88?,89?,90?,91?,92+,93+,94+,95?/m0/s1. The average Bonchev–Trinajstić information content (AvgIpc) is 1.32. The van der Waals surface area contributed by atoms with Crippen LogP contribution in [0.5, 0.6) is 0 Å². The van der Waals surface area contributed by atoms with Gasteiger partial charge in [0.1, 0.15) is 78.8 Å². The van der Waals surface area contributed by atoms with Gasteiger partial charge in [-0.15, -0.1) is 0 Å². The van der Waals surface area contributed by atoms with Gasteiger partial charge in [0.05, 0.1) is 171 Å². The first kappa shape index (κ1) is 122. The molecule has 38 nitrogen and oxygen atoms in total. The molecule has 16 atom stereocenters. The van der Waals surface area contributed by atoms with Crippen LogP contribution < -0.4 is 21.3 Å². The third-order valence-electron chi connectivity index (χ3n) is 23.2. The van der Waals surface area contributed by atoms with Gasteiger partial charge in [0.25, 0.3) is 0 Å². The number of ether oxygens (including phenoxy) is 17. The van der Waals surface area contributed by atoms with E-state index >= 15 is 0 Å².